The molecule has 0 bridgehead atoms. The van der Waals surface area contributed by atoms with Crippen molar-refractivity contribution in [3.8, 4) is 23.0 Å². The molecule has 3 aromatic rings. The van der Waals surface area contributed by atoms with Gasteiger partial charge in [0.15, 0.2) is 0 Å². The molecule has 17 heteroatoms. The molecule has 324 valence electrons. The smallest absolute Gasteiger partial charge is 0.405 e. The highest BCUT2D eigenvalue weighted by atomic mass is 35.5. The normalized spacial score (nSPS) is 12.5. The summed E-state index contributed by atoms with van der Waals surface area (Å²) >= 11 is 26.0. The summed E-state index contributed by atoms with van der Waals surface area (Å²) < 4.78 is 21.0. The molecule has 3 aromatic carbocycles. The zero-order valence-corrected chi connectivity index (χ0v) is 38.2. The van der Waals surface area contributed by atoms with E-state index in [9.17, 15) is 24.6 Å². The number of phenolic OH excluding ortho intramolecular Hbond substituents is 2. The minimum absolute atomic E-state index is 0.00974. The predicted molar refractivity (Wildman–Crippen MR) is 230 cm³/mol. The summed E-state index contributed by atoms with van der Waals surface area (Å²) in [4.78, 5) is 33.9. The number of amides is 3. The van der Waals surface area contributed by atoms with Crippen LogP contribution in [0.25, 0.3) is 0 Å². The number of hydrogen-bond donors (Lipinski definition) is 6. The van der Waals surface area contributed by atoms with Crippen molar-refractivity contribution >= 4 is 64.3 Å². The second-order valence-corrected chi connectivity index (χ2v) is 14.8. The van der Waals surface area contributed by atoms with Gasteiger partial charge in [-0.3, -0.25) is 9.59 Å². The van der Waals surface area contributed by atoms with E-state index < -0.39 is 29.7 Å². The Morgan fingerprint density at radius 1 is 0.828 bits per heavy atom. The number of aliphatic hydroxyl groups excluding tert-OH is 1. The van der Waals surface area contributed by atoms with Crippen molar-refractivity contribution in [2.24, 2.45) is 5.73 Å². The first-order valence-corrected chi connectivity index (χ1v) is 20.2. The zero-order chi connectivity index (χ0) is 44.9. The van der Waals surface area contributed by atoms with Crippen LogP contribution < -0.4 is 21.1 Å². The molecule has 0 atom stereocenters. The van der Waals surface area contributed by atoms with Crippen molar-refractivity contribution < 1.29 is 48.7 Å². The quantitative estimate of drug-likeness (QED) is 0.0720. The van der Waals surface area contributed by atoms with E-state index in [4.69, 9.17) is 71.5 Å². The van der Waals surface area contributed by atoms with Gasteiger partial charge in [-0.15, -0.1) is 0 Å². The van der Waals surface area contributed by atoms with Gasteiger partial charge < -0.3 is 50.6 Å². The third-order valence-electron chi connectivity index (χ3n) is 8.23. The predicted octanol–water partition coefficient (Wildman–Crippen LogP) is 9.17. The largest absolute Gasteiger partial charge is 0.507 e. The summed E-state index contributed by atoms with van der Waals surface area (Å²) in [5, 5.41) is 35.2. The Morgan fingerprint density at radius 3 is 1.71 bits per heavy atom. The van der Waals surface area contributed by atoms with Gasteiger partial charge >= 0.3 is 6.09 Å². The van der Waals surface area contributed by atoms with Crippen molar-refractivity contribution in [3.05, 3.63) is 76.7 Å². The molecule has 7 N–H and O–H groups in total. The van der Waals surface area contributed by atoms with Gasteiger partial charge in [0.1, 0.15) is 40.7 Å². The first-order valence-electron chi connectivity index (χ1n) is 18.7. The van der Waals surface area contributed by atoms with Gasteiger partial charge in [-0.1, -0.05) is 74.1 Å². The van der Waals surface area contributed by atoms with Crippen molar-refractivity contribution in [2.45, 2.75) is 94.2 Å². The Morgan fingerprint density at radius 2 is 1.29 bits per heavy atom. The minimum atomic E-state index is -1.35. The number of nitrogens with two attached hydrogens (primary N) is 1. The van der Waals surface area contributed by atoms with Crippen LogP contribution in [0.2, 0.25) is 20.1 Å². The Balaban J connectivity index is 0.000000557. The molecule has 0 unspecified atom stereocenters. The molecule has 13 nitrogen and oxygen atoms in total. The number of rotatable bonds is 8. The number of phenols is 2. The number of carbonyl (C=O) groups excluding carboxylic acids is 3. The van der Waals surface area contributed by atoms with Crippen LogP contribution in [-0.2, 0) is 24.5 Å². The highest BCUT2D eigenvalue weighted by molar-refractivity contribution is 6.53. The molecule has 0 saturated carbocycles. The third kappa shape index (κ3) is 12.0. The molecule has 3 amide bonds. The van der Waals surface area contributed by atoms with Gasteiger partial charge in [0.2, 0.25) is 5.91 Å². The summed E-state index contributed by atoms with van der Waals surface area (Å²) in [6.07, 6.45) is -0.725. The van der Waals surface area contributed by atoms with Crippen molar-refractivity contribution in [3.63, 3.8) is 0 Å². The Hall–Kier alpha value is -3.69. The first kappa shape index (κ1) is 52.3. The fourth-order valence-corrected chi connectivity index (χ4v) is 6.94. The van der Waals surface area contributed by atoms with Crippen LogP contribution in [0.3, 0.4) is 0 Å². The lowest BCUT2D eigenvalue weighted by atomic mass is 9.73. The summed E-state index contributed by atoms with van der Waals surface area (Å²) in [5.41, 5.74) is 6.57. The second kappa shape index (κ2) is 23.2. The molecule has 2 aliphatic heterocycles. The number of aryl methyl sites for hydroxylation is 2. The van der Waals surface area contributed by atoms with Crippen LogP contribution in [0.1, 0.15) is 105 Å². The van der Waals surface area contributed by atoms with Crippen molar-refractivity contribution in [2.75, 3.05) is 39.6 Å². The highest BCUT2D eigenvalue weighted by Crippen LogP contribution is 2.60. The molecule has 2 heterocycles. The maximum Gasteiger partial charge on any atom is 0.405 e. The molecular weight excluding hydrogens is 836 g/mol. The summed E-state index contributed by atoms with van der Waals surface area (Å²) in [7, 11) is 0. The fourth-order valence-electron chi connectivity index (χ4n) is 5.86. The molecule has 0 saturated heterocycles. The summed E-state index contributed by atoms with van der Waals surface area (Å²) in [6, 6.07) is 3.47. The first-order chi connectivity index (χ1) is 27.2. The Kier molecular flexibility index (Phi) is 20.9. The molecule has 0 radical (unpaired) electrons. The lowest BCUT2D eigenvalue weighted by Gasteiger charge is -2.40. The Labute approximate surface area is 361 Å². The molecule has 58 heavy (non-hydrogen) atoms. The maximum absolute atomic E-state index is 13.4. The molecule has 1 spiro atoms. The van der Waals surface area contributed by atoms with E-state index >= 15 is 0 Å². The topological polar surface area (TPSA) is 199 Å². The maximum atomic E-state index is 13.4. The van der Waals surface area contributed by atoms with Gasteiger partial charge in [0, 0.05) is 41.0 Å². The summed E-state index contributed by atoms with van der Waals surface area (Å²) in [5.74, 6) is -0.0746. The third-order valence-corrected chi connectivity index (χ3v) is 10.0. The van der Waals surface area contributed by atoms with Gasteiger partial charge in [-0.25, -0.2) is 4.79 Å². The van der Waals surface area contributed by atoms with Crippen LogP contribution in [-0.4, -0.2) is 78.4 Å². The number of hydrogen-bond acceptors (Lipinski definition) is 10. The number of ether oxygens (including phenoxy) is 4. The number of aliphatic hydroxyl groups is 1. The molecule has 0 aliphatic carbocycles. The second-order valence-electron chi connectivity index (χ2n) is 13.3. The molecular formula is C41H57Cl4N3O10. The molecule has 0 aromatic heterocycles. The van der Waals surface area contributed by atoms with E-state index in [0.29, 0.717) is 83.4 Å². The molecule has 2 aliphatic rings. The number of carbonyl (C=O) groups is 3. The van der Waals surface area contributed by atoms with Gasteiger partial charge in [-0.2, -0.15) is 0 Å². The highest BCUT2D eigenvalue weighted by Gasteiger charge is 2.55. The van der Waals surface area contributed by atoms with Crippen LogP contribution in [0, 0.1) is 27.7 Å². The van der Waals surface area contributed by atoms with Crippen LogP contribution >= 0.6 is 46.4 Å². The number of fused-ring (bicyclic) bond motifs is 6. The molecule has 5 rings (SSSR count). The van der Waals surface area contributed by atoms with Crippen LogP contribution in [0.4, 0.5) is 4.79 Å². The average molecular weight is 894 g/mol. The van der Waals surface area contributed by atoms with Gasteiger partial charge in [0.25, 0.3) is 5.91 Å². The number of primary amides is 1. The lowest BCUT2D eigenvalue weighted by molar-refractivity contribution is -0.124. The van der Waals surface area contributed by atoms with E-state index in [0.717, 1.165) is 0 Å². The monoisotopic (exact) mass is 891 g/mol. The van der Waals surface area contributed by atoms with Crippen molar-refractivity contribution in [1.82, 2.24) is 10.6 Å². The number of aromatic hydroxyl groups is 2. The molecule has 0 fully saturated rings. The standard InChI is InChI=1S/C24H17Cl4NO4.C8H17NO4.C5H11NO2.2C2H6/c1-7-5-11-21(9(3)19(7)30)33-22-10(4)20(31)8(2)6-12(22)24(11)14-13(23(32)29-24)15(25)17(27)18(28)16(14)26;1-2-12-5-6-13-4-3-9-8(11)7-10;1-5(2,3)8-4(6)7;2*1-2/h5-6,30-31H,1-4H3,(H,29,32);10H,2-7H2,1H3,(H,9,11);1-3H3,(H2,6,7);2*1-2H3. The van der Waals surface area contributed by atoms with E-state index in [2.05, 4.69) is 15.4 Å². The van der Waals surface area contributed by atoms with Crippen LogP contribution in [0.15, 0.2) is 12.1 Å². The van der Waals surface area contributed by atoms with E-state index in [1.54, 1.807) is 60.6 Å². The lowest BCUT2D eigenvalue weighted by Crippen LogP contribution is -2.44. The number of halogens is 4. The fraction of sp³-hybridized carbons (Fsp3) is 0.488. The number of nitrogens with one attached hydrogen (secondary N) is 2. The Bertz CT molecular complexity index is 1870. The van der Waals surface area contributed by atoms with Crippen LogP contribution in [0.5, 0.6) is 23.0 Å². The van der Waals surface area contributed by atoms with E-state index in [1.165, 1.54) is 0 Å². The van der Waals surface area contributed by atoms with E-state index in [1.807, 2.05) is 34.6 Å². The minimum Gasteiger partial charge on any atom is -0.507 e. The SMILES string of the molecule is CC.CC.CC(C)(C)OC(N)=O.CCOCCOCCNC(=O)CO.Cc1cc2c(c(C)c1O)Oc1c(cc(C)c(O)c1C)C21NC(=O)c2c(Cl)c(Cl)c(Cl)c(Cl)c21. The van der Waals surface area contributed by atoms with Crippen molar-refractivity contribution in [1.29, 1.82) is 0 Å². The summed E-state index contributed by atoms with van der Waals surface area (Å²) in [6.45, 7) is 24.3. The average Bonchev–Trinajstić information content (AvgIpc) is 3.49. The van der Waals surface area contributed by atoms with E-state index in [-0.39, 0.29) is 43.1 Å². The van der Waals surface area contributed by atoms with Gasteiger partial charge in [0.05, 0.1) is 45.5 Å². The number of benzene rings is 3. The zero-order valence-electron chi connectivity index (χ0n) is 35.2. The van der Waals surface area contributed by atoms with Gasteiger partial charge in [-0.05, 0) is 78.6 Å².